The van der Waals surface area contributed by atoms with Gasteiger partial charge in [0.2, 0.25) is 11.8 Å². The van der Waals surface area contributed by atoms with Crippen LogP contribution in [0.2, 0.25) is 0 Å². The molecular formula is C33H34F3N3O5. The Kier molecular flexibility index (Phi) is 10.4. The van der Waals surface area contributed by atoms with Crippen molar-refractivity contribution in [1.29, 1.82) is 0 Å². The number of carbonyl (C=O) groups is 3. The standard InChI is InChI=1S/C33H34F3N3O5/c1-21(18-33(34,35)36)17-27(31(43)37-28-10-6-9-24(22(28)2)15-16-30(41)42)25-13-11-23(12-14-25)19-39-29(40)20-44-32(38-39)26-7-4-3-5-8-26/h3-14,21,27H,15-20H2,1-2H3,(H,37,43)(H,41,42). The van der Waals surface area contributed by atoms with Gasteiger partial charge in [0.1, 0.15) is 0 Å². The number of anilines is 1. The number of hydrogen-bond acceptors (Lipinski definition) is 5. The van der Waals surface area contributed by atoms with Crippen molar-refractivity contribution >= 4 is 29.4 Å². The molecule has 0 aliphatic carbocycles. The fourth-order valence-electron chi connectivity index (χ4n) is 5.10. The highest BCUT2D eigenvalue weighted by Gasteiger charge is 2.33. The SMILES string of the molecule is Cc1c(CCC(=O)O)cccc1NC(=O)C(CC(C)CC(F)(F)F)c1ccc(CN2N=C(c3ccccc3)OCC2=O)cc1. The van der Waals surface area contributed by atoms with Crippen molar-refractivity contribution in [2.75, 3.05) is 11.9 Å². The van der Waals surface area contributed by atoms with Gasteiger partial charge in [-0.2, -0.15) is 13.2 Å². The van der Waals surface area contributed by atoms with E-state index in [0.29, 0.717) is 28.3 Å². The highest BCUT2D eigenvalue weighted by atomic mass is 19.4. The van der Waals surface area contributed by atoms with Crippen LogP contribution in [0.3, 0.4) is 0 Å². The summed E-state index contributed by atoms with van der Waals surface area (Å²) in [5.41, 5.74) is 3.90. The summed E-state index contributed by atoms with van der Waals surface area (Å²) in [7, 11) is 0. The van der Waals surface area contributed by atoms with Gasteiger partial charge in [0.15, 0.2) is 6.61 Å². The van der Waals surface area contributed by atoms with Crippen LogP contribution in [-0.2, 0) is 32.1 Å². The number of rotatable bonds is 12. The summed E-state index contributed by atoms with van der Waals surface area (Å²) in [6.07, 6.45) is -5.24. The maximum absolute atomic E-state index is 13.6. The Hall–Kier alpha value is -4.67. The van der Waals surface area contributed by atoms with E-state index in [1.807, 2.05) is 30.3 Å². The number of amides is 2. The number of aryl methyl sites for hydroxylation is 1. The number of nitrogens with one attached hydrogen (secondary N) is 1. The number of hydrazone groups is 1. The molecule has 8 nitrogen and oxygen atoms in total. The summed E-state index contributed by atoms with van der Waals surface area (Å²) in [5, 5.41) is 17.6. The summed E-state index contributed by atoms with van der Waals surface area (Å²) in [5.74, 6) is -3.14. The molecule has 0 aromatic heterocycles. The van der Waals surface area contributed by atoms with Crippen LogP contribution in [0.4, 0.5) is 18.9 Å². The first kappa shape index (κ1) is 32.2. The van der Waals surface area contributed by atoms with Gasteiger partial charge in [0.05, 0.1) is 12.5 Å². The van der Waals surface area contributed by atoms with Crippen LogP contribution >= 0.6 is 0 Å². The second kappa shape index (κ2) is 14.2. The van der Waals surface area contributed by atoms with E-state index in [4.69, 9.17) is 9.84 Å². The van der Waals surface area contributed by atoms with E-state index in [9.17, 15) is 27.6 Å². The summed E-state index contributed by atoms with van der Waals surface area (Å²) in [6.45, 7) is 3.21. The molecule has 0 fully saturated rings. The number of ether oxygens (including phenoxy) is 1. The number of alkyl halides is 3. The molecule has 11 heteroatoms. The lowest BCUT2D eigenvalue weighted by Gasteiger charge is -2.25. The van der Waals surface area contributed by atoms with E-state index >= 15 is 0 Å². The van der Waals surface area contributed by atoms with Gasteiger partial charge < -0.3 is 15.2 Å². The normalized spacial score (nSPS) is 14.8. The number of benzene rings is 3. The van der Waals surface area contributed by atoms with Crippen LogP contribution in [0.1, 0.15) is 59.9 Å². The number of aliphatic carboxylic acids is 1. The van der Waals surface area contributed by atoms with E-state index in [-0.39, 0.29) is 38.3 Å². The lowest BCUT2D eigenvalue weighted by molar-refractivity contribution is -0.144. The van der Waals surface area contributed by atoms with Crippen LogP contribution in [0.25, 0.3) is 0 Å². The van der Waals surface area contributed by atoms with E-state index in [2.05, 4.69) is 10.4 Å². The summed E-state index contributed by atoms with van der Waals surface area (Å²) < 4.78 is 45.0. The molecule has 1 heterocycles. The molecule has 3 aromatic carbocycles. The monoisotopic (exact) mass is 609 g/mol. The lowest BCUT2D eigenvalue weighted by Crippen LogP contribution is -2.36. The maximum Gasteiger partial charge on any atom is 0.389 e. The molecule has 0 saturated heterocycles. The molecule has 2 unspecified atom stereocenters. The zero-order chi connectivity index (χ0) is 31.9. The zero-order valence-electron chi connectivity index (χ0n) is 24.4. The number of hydrogen-bond donors (Lipinski definition) is 2. The highest BCUT2D eigenvalue weighted by Crippen LogP contribution is 2.33. The largest absolute Gasteiger partial charge is 0.481 e. The van der Waals surface area contributed by atoms with Crippen molar-refractivity contribution < 1.29 is 37.4 Å². The summed E-state index contributed by atoms with van der Waals surface area (Å²) in [4.78, 5) is 37.1. The number of carbonyl (C=O) groups excluding carboxylic acids is 2. The molecule has 232 valence electrons. The van der Waals surface area contributed by atoms with Gasteiger partial charge in [-0.25, -0.2) is 5.01 Å². The Morgan fingerprint density at radius 1 is 1.05 bits per heavy atom. The maximum atomic E-state index is 13.6. The average Bonchev–Trinajstić information content (AvgIpc) is 2.97. The minimum Gasteiger partial charge on any atom is -0.481 e. The third kappa shape index (κ3) is 8.92. The van der Waals surface area contributed by atoms with Crippen molar-refractivity contribution in [3.8, 4) is 0 Å². The highest BCUT2D eigenvalue weighted by molar-refractivity contribution is 5.98. The fourth-order valence-corrected chi connectivity index (χ4v) is 5.10. The number of carboxylic acid groups (broad SMARTS) is 1. The minimum atomic E-state index is -4.37. The Balaban J connectivity index is 1.54. The molecule has 3 aromatic rings. The summed E-state index contributed by atoms with van der Waals surface area (Å²) in [6, 6.07) is 21.1. The Labute approximate surface area is 253 Å². The van der Waals surface area contributed by atoms with Crippen molar-refractivity contribution in [3.63, 3.8) is 0 Å². The molecule has 0 saturated carbocycles. The van der Waals surface area contributed by atoms with Crippen LogP contribution in [0.15, 0.2) is 77.9 Å². The Morgan fingerprint density at radius 3 is 2.41 bits per heavy atom. The topological polar surface area (TPSA) is 108 Å². The predicted octanol–water partition coefficient (Wildman–Crippen LogP) is 6.43. The van der Waals surface area contributed by atoms with Gasteiger partial charge in [-0.05, 0) is 66.1 Å². The van der Waals surface area contributed by atoms with Gasteiger partial charge in [0.25, 0.3) is 5.91 Å². The molecule has 44 heavy (non-hydrogen) atoms. The lowest BCUT2D eigenvalue weighted by atomic mass is 9.86. The molecule has 0 bridgehead atoms. The van der Waals surface area contributed by atoms with Crippen molar-refractivity contribution in [3.05, 3.63) is 101 Å². The van der Waals surface area contributed by atoms with Gasteiger partial charge >= 0.3 is 12.1 Å². The molecule has 1 aliphatic heterocycles. The first-order chi connectivity index (χ1) is 20.9. The second-order valence-electron chi connectivity index (χ2n) is 10.9. The first-order valence-corrected chi connectivity index (χ1v) is 14.2. The van der Waals surface area contributed by atoms with E-state index < -0.39 is 36.3 Å². The van der Waals surface area contributed by atoms with Gasteiger partial charge in [-0.3, -0.25) is 14.4 Å². The van der Waals surface area contributed by atoms with E-state index in [1.54, 1.807) is 49.4 Å². The predicted molar refractivity (Wildman–Crippen MR) is 159 cm³/mol. The molecule has 2 atom stereocenters. The fraction of sp³-hybridized carbons (Fsp3) is 0.333. The van der Waals surface area contributed by atoms with Crippen LogP contribution in [-0.4, -0.2) is 46.6 Å². The van der Waals surface area contributed by atoms with Crippen molar-refractivity contribution in [2.45, 2.75) is 58.2 Å². The van der Waals surface area contributed by atoms with E-state index in [0.717, 1.165) is 11.1 Å². The molecule has 2 amide bonds. The molecule has 1 aliphatic rings. The van der Waals surface area contributed by atoms with Gasteiger partial charge in [0, 0.05) is 24.1 Å². The van der Waals surface area contributed by atoms with Gasteiger partial charge in [-0.15, -0.1) is 5.10 Å². The first-order valence-electron chi connectivity index (χ1n) is 14.2. The van der Waals surface area contributed by atoms with Crippen LogP contribution in [0.5, 0.6) is 0 Å². The quantitative estimate of drug-likeness (QED) is 0.246. The smallest absolute Gasteiger partial charge is 0.389 e. The van der Waals surface area contributed by atoms with E-state index in [1.165, 1.54) is 11.9 Å². The molecule has 0 radical (unpaired) electrons. The molecular weight excluding hydrogens is 575 g/mol. The van der Waals surface area contributed by atoms with Crippen molar-refractivity contribution in [1.82, 2.24) is 5.01 Å². The van der Waals surface area contributed by atoms with Crippen LogP contribution in [0, 0.1) is 12.8 Å². The minimum absolute atomic E-state index is 0.0465. The number of nitrogens with zero attached hydrogens (tertiary/aromatic N) is 2. The third-order valence-electron chi connectivity index (χ3n) is 7.41. The van der Waals surface area contributed by atoms with Gasteiger partial charge in [-0.1, -0.05) is 61.5 Å². The number of carboxylic acids is 1. The summed E-state index contributed by atoms with van der Waals surface area (Å²) >= 11 is 0. The Bertz CT molecular complexity index is 1510. The molecule has 4 rings (SSSR count). The Morgan fingerprint density at radius 2 is 1.75 bits per heavy atom. The third-order valence-corrected chi connectivity index (χ3v) is 7.41. The van der Waals surface area contributed by atoms with Crippen LogP contribution < -0.4 is 5.32 Å². The molecule has 2 N–H and O–H groups in total. The average molecular weight is 610 g/mol. The second-order valence-corrected chi connectivity index (χ2v) is 10.9. The number of halogens is 3. The molecule has 0 spiro atoms. The van der Waals surface area contributed by atoms with Crippen molar-refractivity contribution in [2.24, 2.45) is 11.0 Å². The zero-order valence-corrected chi connectivity index (χ0v) is 24.4.